The molecule has 0 amide bonds. The molecule has 13 heteroatoms. The predicted molar refractivity (Wildman–Crippen MR) is 104 cm³/mol. The van der Waals surface area contributed by atoms with Crippen molar-refractivity contribution < 1.29 is 30.7 Å². The van der Waals surface area contributed by atoms with Crippen LogP contribution >= 0.6 is 0 Å². The minimum Gasteiger partial charge on any atom is -0.348 e. The number of aromatic nitrogens is 3. The van der Waals surface area contributed by atoms with Crippen LogP contribution in [-0.4, -0.2) is 65.2 Å². The lowest BCUT2D eigenvalue weighted by Crippen LogP contribution is -2.54. The molecule has 0 aromatic carbocycles. The summed E-state index contributed by atoms with van der Waals surface area (Å²) in [5, 5.41) is 7.15. The second-order valence-corrected chi connectivity index (χ2v) is 10.0. The number of rotatable bonds is 5. The van der Waals surface area contributed by atoms with Gasteiger partial charge in [-0.15, -0.1) is 18.3 Å². The van der Waals surface area contributed by atoms with Crippen LogP contribution in [-0.2, 0) is 14.8 Å². The van der Waals surface area contributed by atoms with E-state index in [1.165, 1.54) is 16.8 Å². The van der Waals surface area contributed by atoms with Crippen molar-refractivity contribution in [2.45, 2.75) is 56.5 Å². The fourth-order valence-corrected chi connectivity index (χ4v) is 5.22. The van der Waals surface area contributed by atoms with Crippen LogP contribution in [0.3, 0.4) is 0 Å². The van der Waals surface area contributed by atoms with Crippen molar-refractivity contribution in [2.24, 2.45) is 0 Å². The van der Waals surface area contributed by atoms with Crippen molar-refractivity contribution in [2.75, 3.05) is 24.7 Å². The molecule has 8 nitrogen and oxygen atoms in total. The van der Waals surface area contributed by atoms with Gasteiger partial charge in [-0.05, 0) is 25.3 Å². The number of fused-ring (bicyclic) bond motifs is 1. The molecular formula is C18H23F4N5O3S. The standard InChI is InChI=1S/C18H23F4N5O3S/c1-31(28,29)26-7-6-13(16(10-26)30-18(20,21)22)24-17-23-9-15-12(19)8-14(27(15)25-17)11-4-2-3-5-11/h8-9,11,13,16H,2-7,10H2,1H3,(H,24,25)/t13-,16+/m0/s1. The summed E-state index contributed by atoms with van der Waals surface area (Å²) in [6, 6.07) is 0.552. The molecule has 2 atom stereocenters. The third-order valence-electron chi connectivity index (χ3n) is 5.86. The largest absolute Gasteiger partial charge is 0.522 e. The minimum atomic E-state index is -4.94. The Morgan fingerprint density at radius 1 is 1.23 bits per heavy atom. The van der Waals surface area contributed by atoms with E-state index in [1.807, 2.05) is 0 Å². The van der Waals surface area contributed by atoms with Crippen LogP contribution in [0.25, 0.3) is 5.52 Å². The van der Waals surface area contributed by atoms with E-state index in [1.54, 1.807) is 0 Å². The molecule has 1 saturated heterocycles. The van der Waals surface area contributed by atoms with Crippen LogP contribution in [0.5, 0.6) is 0 Å². The monoisotopic (exact) mass is 465 g/mol. The fourth-order valence-electron chi connectivity index (χ4n) is 4.37. The highest BCUT2D eigenvalue weighted by atomic mass is 32.2. The number of sulfonamides is 1. The zero-order valence-corrected chi connectivity index (χ0v) is 17.6. The fraction of sp³-hybridized carbons (Fsp3) is 0.667. The second-order valence-electron chi connectivity index (χ2n) is 8.04. The van der Waals surface area contributed by atoms with Gasteiger partial charge in [0.1, 0.15) is 11.6 Å². The van der Waals surface area contributed by atoms with Crippen molar-refractivity contribution >= 4 is 21.5 Å². The molecule has 31 heavy (non-hydrogen) atoms. The molecule has 2 aromatic heterocycles. The molecule has 1 aliphatic heterocycles. The number of nitrogens with zero attached hydrogens (tertiary/aromatic N) is 4. The SMILES string of the molecule is CS(=O)(=O)N1CC[C@H](Nc2ncc3c(F)cc(C4CCCC4)n3n2)[C@H](OC(F)(F)F)C1. The van der Waals surface area contributed by atoms with Gasteiger partial charge in [0, 0.05) is 24.7 Å². The third-order valence-corrected chi connectivity index (χ3v) is 7.13. The van der Waals surface area contributed by atoms with Crippen LogP contribution < -0.4 is 5.32 Å². The Hall–Kier alpha value is -1.99. The van der Waals surface area contributed by atoms with Gasteiger partial charge in [-0.25, -0.2) is 22.3 Å². The van der Waals surface area contributed by atoms with Gasteiger partial charge in [-0.3, -0.25) is 4.74 Å². The zero-order valence-electron chi connectivity index (χ0n) is 16.8. The zero-order chi connectivity index (χ0) is 22.4. The van der Waals surface area contributed by atoms with E-state index in [9.17, 15) is 26.0 Å². The quantitative estimate of drug-likeness (QED) is 0.684. The second kappa shape index (κ2) is 8.17. The topological polar surface area (TPSA) is 88.8 Å². The van der Waals surface area contributed by atoms with Gasteiger partial charge in [-0.1, -0.05) is 12.8 Å². The predicted octanol–water partition coefficient (Wildman–Crippen LogP) is 2.88. The van der Waals surface area contributed by atoms with E-state index in [-0.39, 0.29) is 30.3 Å². The Morgan fingerprint density at radius 3 is 2.58 bits per heavy atom. The maximum atomic E-state index is 14.3. The molecule has 1 saturated carbocycles. The normalized spacial score (nSPS) is 24.2. The summed E-state index contributed by atoms with van der Waals surface area (Å²) < 4.78 is 83.2. The van der Waals surface area contributed by atoms with Gasteiger partial charge >= 0.3 is 6.36 Å². The Kier molecular flexibility index (Phi) is 5.85. The van der Waals surface area contributed by atoms with Crippen LogP contribution in [0.15, 0.2) is 12.3 Å². The maximum absolute atomic E-state index is 14.3. The van der Waals surface area contributed by atoms with Crippen LogP contribution in [0.1, 0.15) is 43.7 Å². The van der Waals surface area contributed by atoms with Crippen LogP contribution in [0, 0.1) is 5.82 Å². The molecule has 1 N–H and O–H groups in total. The lowest BCUT2D eigenvalue weighted by molar-refractivity contribution is -0.346. The Morgan fingerprint density at radius 2 is 1.94 bits per heavy atom. The first-order valence-corrected chi connectivity index (χ1v) is 11.9. The average molecular weight is 465 g/mol. The number of anilines is 1. The number of hydrogen-bond acceptors (Lipinski definition) is 6. The number of nitrogens with one attached hydrogen (secondary N) is 1. The van der Waals surface area contributed by atoms with Crippen molar-refractivity contribution in [3.05, 3.63) is 23.8 Å². The lowest BCUT2D eigenvalue weighted by Gasteiger charge is -2.37. The molecule has 4 rings (SSSR count). The van der Waals surface area contributed by atoms with Gasteiger partial charge in [0.05, 0.1) is 18.5 Å². The average Bonchev–Trinajstić information content (AvgIpc) is 3.29. The summed E-state index contributed by atoms with van der Waals surface area (Å²) in [4.78, 5) is 4.05. The summed E-state index contributed by atoms with van der Waals surface area (Å²) in [5.74, 6) is -0.261. The molecule has 0 radical (unpaired) electrons. The van der Waals surface area contributed by atoms with Gasteiger partial charge in [0.25, 0.3) is 0 Å². The number of hydrogen-bond donors (Lipinski definition) is 1. The summed E-state index contributed by atoms with van der Waals surface area (Å²) >= 11 is 0. The number of ether oxygens (including phenoxy) is 1. The Balaban J connectivity index is 1.59. The summed E-state index contributed by atoms with van der Waals surface area (Å²) in [6.07, 6.45) is -0.204. The molecular weight excluding hydrogens is 442 g/mol. The Bertz CT molecular complexity index is 1050. The highest BCUT2D eigenvalue weighted by Crippen LogP contribution is 2.35. The van der Waals surface area contributed by atoms with Crippen molar-refractivity contribution in [1.82, 2.24) is 18.9 Å². The smallest absolute Gasteiger partial charge is 0.348 e. The lowest BCUT2D eigenvalue weighted by atomic mass is 10.0. The molecule has 2 aromatic rings. The summed E-state index contributed by atoms with van der Waals surface area (Å²) in [5.41, 5.74) is 0.910. The molecule has 2 fully saturated rings. The molecule has 0 unspecified atom stereocenters. The summed E-state index contributed by atoms with van der Waals surface area (Å²) in [6.45, 7) is -0.425. The number of alkyl halides is 3. The van der Waals surface area contributed by atoms with E-state index in [4.69, 9.17) is 0 Å². The van der Waals surface area contributed by atoms with E-state index >= 15 is 0 Å². The van der Waals surface area contributed by atoms with E-state index < -0.39 is 40.9 Å². The number of piperidine rings is 1. The van der Waals surface area contributed by atoms with Gasteiger partial charge in [0.15, 0.2) is 5.82 Å². The van der Waals surface area contributed by atoms with Crippen molar-refractivity contribution in [3.63, 3.8) is 0 Å². The first-order chi connectivity index (χ1) is 14.5. The third kappa shape index (κ3) is 4.93. The van der Waals surface area contributed by atoms with Gasteiger partial charge < -0.3 is 5.32 Å². The van der Waals surface area contributed by atoms with Gasteiger partial charge in [0.2, 0.25) is 16.0 Å². The molecule has 2 aliphatic rings. The summed E-state index contributed by atoms with van der Waals surface area (Å²) in [7, 11) is -3.67. The van der Waals surface area contributed by atoms with Crippen LogP contribution in [0.4, 0.5) is 23.5 Å². The highest BCUT2D eigenvalue weighted by molar-refractivity contribution is 7.88. The first kappa shape index (κ1) is 22.2. The maximum Gasteiger partial charge on any atom is 0.522 e. The Labute approximate surface area is 176 Å². The molecule has 1 aliphatic carbocycles. The molecule has 0 bridgehead atoms. The van der Waals surface area contributed by atoms with Crippen molar-refractivity contribution in [3.8, 4) is 0 Å². The first-order valence-electron chi connectivity index (χ1n) is 10.0. The van der Waals surface area contributed by atoms with Crippen LogP contribution in [0.2, 0.25) is 0 Å². The minimum absolute atomic E-state index is 0.0240. The molecule has 172 valence electrons. The number of halogens is 4. The van der Waals surface area contributed by atoms with E-state index in [0.717, 1.165) is 36.2 Å². The highest BCUT2D eigenvalue weighted by Gasteiger charge is 2.42. The van der Waals surface area contributed by atoms with E-state index in [0.29, 0.717) is 5.69 Å². The molecule has 0 spiro atoms. The van der Waals surface area contributed by atoms with Crippen molar-refractivity contribution in [1.29, 1.82) is 0 Å². The molecule has 3 heterocycles. The van der Waals surface area contributed by atoms with E-state index in [2.05, 4.69) is 20.1 Å². The van der Waals surface area contributed by atoms with Gasteiger partial charge in [-0.2, -0.15) is 4.31 Å².